The first-order valence-electron chi connectivity index (χ1n) is 13.0. The quantitative estimate of drug-likeness (QED) is 0.116. The molecule has 6 rings (SSSR count). The summed E-state index contributed by atoms with van der Waals surface area (Å²) in [5, 5.41) is 25.4. The van der Waals surface area contributed by atoms with E-state index >= 15 is 0 Å². The van der Waals surface area contributed by atoms with Crippen molar-refractivity contribution in [3.05, 3.63) is 130 Å². The van der Waals surface area contributed by atoms with Gasteiger partial charge in [-0.15, -0.1) is 0 Å². The maximum atomic E-state index is 13.4. The van der Waals surface area contributed by atoms with Crippen LogP contribution in [0.25, 0.3) is 0 Å². The predicted molar refractivity (Wildman–Crippen MR) is 159 cm³/mol. The number of hydrogen-bond donors (Lipinski definition) is 4. The molecule has 1 atom stereocenters. The predicted octanol–water partition coefficient (Wildman–Crippen LogP) is 6.59. The lowest BCUT2D eigenvalue weighted by Gasteiger charge is -2.12. The SMILES string of the molecule is O=[N+]([O-])c1ccccc1C1CC(c2ccc(Nc3nc(Nc4ccccc4)nc(Nc4ccc(F)cc4)n3)cc2)=NN1. The molecular formula is C30H24FN9O2. The summed E-state index contributed by atoms with van der Waals surface area (Å²) >= 11 is 0. The summed E-state index contributed by atoms with van der Waals surface area (Å²) in [5.74, 6) is 0.524. The molecule has 4 N–H and O–H groups in total. The first-order chi connectivity index (χ1) is 20.5. The molecule has 0 saturated carbocycles. The number of para-hydroxylation sites is 2. The van der Waals surface area contributed by atoms with E-state index in [1.807, 2.05) is 54.6 Å². The first-order valence-corrected chi connectivity index (χ1v) is 13.0. The molecule has 1 aliphatic heterocycles. The van der Waals surface area contributed by atoms with E-state index in [9.17, 15) is 14.5 Å². The Bertz CT molecular complexity index is 1750. The molecule has 42 heavy (non-hydrogen) atoms. The van der Waals surface area contributed by atoms with Crippen molar-refractivity contribution in [1.82, 2.24) is 20.4 Å². The van der Waals surface area contributed by atoms with Crippen LogP contribution in [0.5, 0.6) is 0 Å². The minimum Gasteiger partial charge on any atom is -0.324 e. The second kappa shape index (κ2) is 11.7. The Kier molecular flexibility index (Phi) is 7.32. The van der Waals surface area contributed by atoms with Crippen molar-refractivity contribution in [2.75, 3.05) is 16.0 Å². The maximum absolute atomic E-state index is 13.4. The van der Waals surface area contributed by atoms with Crippen molar-refractivity contribution in [2.45, 2.75) is 12.5 Å². The molecular weight excluding hydrogens is 537 g/mol. The monoisotopic (exact) mass is 561 g/mol. The maximum Gasteiger partial charge on any atom is 0.274 e. The minimum absolute atomic E-state index is 0.0674. The van der Waals surface area contributed by atoms with Crippen molar-refractivity contribution in [3.8, 4) is 0 Å². The van der Waals surface area contributed by atoms with Gasteiger partial charge in [0.2, 0.25) is 17.8 Å². The largest absolute Gasteiger partial charge is 0.324 e. The molecule has 1 aromatic heterocycles. The summed E-state index contributed by atoms with van der Waals surface area (Å²) in [5.41, 5.74) is 7.53. The molecule has 1 unspecified atom stereocenters. The number of benzene rings is 4. The van der Waals surface area contributed by atoms with Gasteiger partial charge in [0.25, 0.3) is 5.69 Å². The Morgan fingerprint density at radius 2 is 1.24 bits per heavy atom. The van der Waals surface area contributed by atoms with E-state index in [-0.39, 0.29) is 34.4 Å². The summed E-state index contributed by atoms with van der Waals surface area (Å²) < 4.78 is 13.4. The summed E-state index contributed by atoms with van der Waals surface area (Å²) in [7, 11) is 0. The van der Waals surface area contributed by atoms with Crippen LogP contribution < -0.4 is 21.4 Å². The first kappa shape index (κ1) is 26.3. The van der Waals surface area contributed by atoms with Gasteiger partial charge in [-0.2, -0.15) is 20.1 Å². The number of nitrogens with zero attached hydrogens (tertiary/aromatic N) is 5. The number of halogens is 1. The highest BCUT2D eigenvalue weighted by Gasteiger charge is 2.27. The van der Waals surface area contributed by atoms with Crippen LogP contribution in [-0.4, -0.2) is 25.6 Å². The highest BCUT2D eigenvalue weighted by molar-refractivity contribution is 6.02. The van der Waals surface area contributed by atoms with Crippen LogP contribution in [0.1, 0.15) is 23.6 Å². The average molecular weight is 562 g/mol. The third-order valence-electron chi connectivity index (χ3n) is 6.50. The van der Waals surface area contributed by atoms with Gasteiger partial charge in [-0.3, -0.25) is 10.1 Å². The molecule has 2 heterocycles. The summed E-state index contributed by atoms with van der Waals surface area (Å²) in [6, 6.07) is 29.3. The average Bonchev–Trinajstić information content (AvgIpc) is 3.49. The molecule has 0 fully saturated rings. The zero-order chi connectivity index (χ0) is 28.9. The summed E-state index contributed by atoms with van der Waals surface area (Å²) in [4.78, 5) is 24.5. The van der Waals surface area contributed by atoms with Crippen molar-refractivity contribution in [3.63, 3.8) is 0 Å². The number of nitro groups is 1. The fourth-order valence-electron chi connectivity index (χ4n) is 4.48. The van der Waals surface area contributed by atoms with Crippen molar-refractivity contribution in [1.29, 1.82) is 0 Å². The van der Waals surface area contributed by atoms with Gasteiger partial charge in [-0.05, 0) is 54.1 Å². The van der Waals surface area contributed by atoms with Crippen LogP contribution >= 0.6 is 0 Å². The third-order valence-corrected chi connectivity index (χ3v) is 6.50. The lowest BCUT2D eigenvalue weighted by Crippen LogP contribution is -2.12. The Labute approximate surface area is 239 Å². The van der Waals surface area contributed by atoms with Crippen molar-refractivity contribution < 1.29 is 9.31 Å². The second-order valence-corrected chi connectivity index (χ2v) is 9.39. The van der Waals surface area contributed by atoms with Crippen LogP contribution in [0.4, 0.5) is 45.0 Å². The second-order valence-electron chi connectivity index (χ2n) is 9.39. The topological polar surface area (TPSA) is 142 Å². The van der Waals surface area contributed by atoms with Gasteiger partial charge in [0.15, 0.2) is 0 Å². The van der Waals surface area contributed by atoms with E-state index in [1.54, 1.807) is 30.3 Å². The lowest BCUT2D eigenvalue weighted by molar-refractivity contribution is -0.385. The van der Waals surface area contributed by atoms with Crippen LogP contribution in [0.15, 0.2) is 108 Å². The van der Waals surface area contributed by atoms with Gasteiger partial charge in [0.05, 0.1) is 22.2 Å². The smallest absolute Gasteiger partial charge is 0.274 e. The zero-order valence-corrected chi connectivity index (χ0v) is 22.0. The van der Waals surface area contributed by atoms with Gasteiger partial charge in [-0.1, -0.05) is 48.5 Å². The normalized spacial score (nSPS) is 14.0. The molecule has 11 nitrogen and oxygen atoms in total. The number of hydrazone groups is 1. The van der Waals surface area contributed by atoms with Crippen LogP contribution in [0.3, 0.4) is 0 Å². The molecule has 1 aliphatic rings. The molecule has 5 aromatic rings. The van der Waals surface area contributed by atoms with E-state index in [2.05, 4.69) is 41.4 Å². The van der Waals surface area contributed by atoms with Gasteiger partial charge in [0.1, 0.15) is 5.82 Å². The molecule has 4 aromatic carbocycles. The van der Waals surface area contributed by atoms with E-state index in [1.165, 1.54) is 18.2 Å². The summed E-state index contributed by atoms with van der Waals surface area (Å²) in [6.07, 6.45) is 0.512. The van der Waals surface area contributed by atoms with Crippen molar-refractivity contribution >= 4 is 46.3 Å². The fraction of sp³-hybridized carbons (Fsp3) is 0.0667. The van der Waals surface area contributed by atoms with E-state index in [0.29, 0.717) is 23.6 Å². The van der Waals surface area contributed by atoms with Gasteiger partial charge >= 0.3 is 0 Å². The highest BCUT2D eigenvalue weighted by atomic mass is 19.1. The minimum atomic E-state index is -0.377. The van der Waals surface area contributed by atoms with E-state index < -0.39 is 0 Å². The number of nitro benzene ring substituents is 1. The van der Waals surface area contributed by atoms with Gasteiger partial charge < -0.3 is 21.4 Å². The standard InChI is InChI=1S/C30H24FN9O2/c31-20-12-16-23(17-13-20)34-30-36-28(32-21-6-2-1-3-7-21)35-29(37-30)33-22-14-10-19(11-15-22)25-18-26(39-38-25)24-8-4-5-9-27(24)40(41)42/h1-17,26,39H,18H2,(H3,32,33,34,35,36,37). The van der Waals surface area contributed by atoms with Gasteiger partial charge in [-0.25, -0.2) is 4.39 Å². The Morgan fingerprint density at radius 1 is 0.714 bits per heavy atom. The number of anilines is 6. The van der Waals surface area contributed by atoms with Gasteiger partial charge in [0, 0.05) is 29.5 Å². The lowest BCUT2D eigenvalue weighted by atomic mass is 9.98. The summed E-state index contributed by atoms with van der Waals surface area (Å²) in [6.45, 7) is 0. The van der Waals surface area contributed by atoms with E-state index in [4.69, 9.17) is 0 Å². The van der Waals surface area contributed by atoms with Crippen LogP contribution in [0, 0.1) is 15.9 Å². The van der Waals surface area contributed by atoms with Crippen LogP contribution in [0.2, 0.25) is 0 Å². The van der Waals surface area contributed by atoms with E-state index in [0.717, 1.165) is 22.6 Å². The molecule has 0 spiro atoms. The Morgan fingerprint density at radius 3 is 1.83 bits per heavy atom. The molecule has 12 heteroatoms. The number of hydrogen-bond acceptors (Lipinski definition) is 10. The highest BCUT2D eigenvalue weighted by Crippen LogP contribution is 2.31. The number of nitrogens with one attached hydrogen (secondary N) is 4. The third kappa shape index (κ3) is 6.12. The molecule has 0 bridgehead atoms. The zero-order valence-electron chi connectivity index (χ0n) is 22.0. The fourth-order valence-corrected chi connectivity index (χ4v) is 4.48. The van der Waals surface area contributed by atoms with Crippen LogP contribution in [-0.2, 0) is 0 Å². The molecule has 0 radical (unpaired) electrons. The number of aromatic nitrogens is 3. The molecule has 0 saturated heterocycles. The molecule has 0 amide bonds. The van der Waals surface area contributed by atoms with Crippen molar-refractivity contribution in [2.24, 2.45) is 5.10 Å². The molecule has 0 aliphatic carbocycles. The molecule has 208 valence electrons. The Hall–Kier alpha value is -5.91. The Balaban J connectivity index is 1.19. The number of rotatable bonds is 9.